The van der Waals surface area contributed by atoms with Gasteiger partial charge in [0.15, 0.2) is 4.87 Å². The minimum Gasteiger partial charge on any atom is -0.475 e. The fourth-order valence-electron chi connectivity index (χ4n) is 3.55. The van der Waals surface area contributed by atoms with Gasteiger partial charge in [-0.25, -0.2) is 18.0 Å². The first-order valence-corrected chi connectivity index (χ1v) is 9.83. The molecule has 5 nitrogen and oxygen atoms in total. The fraction of sp³-hybridized carbons (Fsp3) is 0.333. The maximum atomic E-state index is 13.4. The first kappa shape index (κ1) is 23.0. The number of nitrogens with zero attached hydrogens (tertiary/aromatic N) is 2. The molecule has 0 saturated heterocycles. The Morgan fingerprint density at radius 1 is 1.23 bits per heavy atom. The summed E-state index contributed by atoms with van der Waals surface area (Å²) in [5.74, 6) is -1.52. The predicted molar refractivity (Wildman–Crippen MR) is 108 cm³/mol. The number of halogens is 5. The quantitative estimate of drug-likeness (QED) is 0.530. The number of furan rings is 1. The predicted octanol–water partition coefficient (Wildman–Crippen LogP) is 5.26. The van der Waals surface area contributed by atoms with Crippen LogP contribution in [0.15, 0.2) is 52.2 Å². The molecule has 0 spiro atoms. The van der Waals surface area contributed by atoms with Gasteiger partial charge in [-0.2, -0.15) is 5.26 Å². The average molecular weight is 473 g/mol. The highest BCUT2D eigenvalue weighted by Crippen LogP contribution is 2.49. The molecule has 1 N–H and O–H groups in total. The summed E-state index contributed by atoms with van der Waals surface area (Å²) in [5, 5.41) is 19.0. The van der Waals surface area contributed by atoms with Gasteiger partial charge in [0.25, 0.3) is 0 Å². The minimum absolute atomic E-state index is 0.0142. The van der Waals surface area contributed by atoms with E-state index in [1.807, 2.05) is 6.07 Å². The van der Waals surface area contributed by atoms with Crippen LogP contribution in [0.2, 0.25) is 0 Å². The van der Waals surface area contributed by atoms with Crippen molar-refractivity contribution in [3.05, 3.63) is 70.3 Å². The van der Waals surface area contributed by atoms with Crippen molar-refractivity contribution in [1.29, 1.82) is 5.26 Å². The first-order valence-electron chi connectivity index (χ1n) is 9.08. The third-order valence-corrected chi connectivity index (χ3v) is 6.39. The van der Waals surface area contributed by atoms with Gasteiger partial charge in [-0.05, 0) is 17.2 Å². The largest absolute Gasteiger partial charge is 0.475 e. The molecule has 1 aromatic heterocycles. The van der Waals surface area contributed by atoms with Crippen molar-refractivity contribution in [2.75, 3.05) is 20.0 Å². The lowest BCUT2D eigenvalue weighted by molar-refractivity contribution is 0.0659. The molecule has 31 heavy (non-hydrogen) atoms. The lowest BCUT2D eigenvalue weighted by atomic mass is 9.83. The van der Waals surface area contributed by atoms with E-state index in [-0.39, 0.29) is 22.9 Å². The van der Waals surface area contributed by atoms with Crippen molar-refractivity contribution in [2.24, 2.45) is 0 Å². The third-order valence-electron chi connectivity index (χ3n) is 5.40. The second-order valence-corrected chi connectivity index (χ2v) is 8.26. The summed E-state index contributed by atoms with van der Waals surface area (Å²) >= 11 is 12.8. The molecule has 0 radical (unpaired) electrons. The van der Waals surface area contributed by atoms with Gasteiger partial charge in [-0.1, -0.05) is 47.5 Å². The summed E-state index contributed by atoms with van der Waals surface area (Å²) in [5.41, 5.74) is -0.949. The van der Waals surface area contributed by atoms with Crippen molar-refractivity contribution in [1.82, 2.24) is 4.90 Å². The second-order valence-electron chi connectivity index (χ2n) is 7.26. The summed E-state index contributed by atoms with van der Waals surface area (Å²) in [7, 11) is 0. The van der Waals surface area contributed by atoms with Crippen molar-refractivity contribution < 1.29 is 27.5 Å². The molecule has 2 heterocycles. The third kappa shape index (κ3) is 3.88. The van der Waals surface area contributed by atoms with Crippen LogP contribution in [-0.2, 0) is 12.0 Å². The normalized spacial score (nSPS) is 21.1. The van der Waals surface area contributed by atoms with Gasteiger partial charge in [0.2, 0.25) is 5.76 Å². The van der Waals surface area contributed by atoms with E-state index in [0.717, 1.165) is 0 Å². The summed E-state index contributed by atoms with van der Waals surface area (Å²) in [6.07, 6.45) is 2.66. The molecule has 3 rings (SSSR count). The standard InChI is InChI=1S/C21H17Cl2F3N2O3/c22-16-8-28(7-14-5-6-31-17(14)19(29)30)18(21(16,23)12-27)13-1-3-15(4-2-13)20(9-24,10-25)11-26/h1-6,8,18H,7,9-11H2,(H,29,30). The topological polar surface area (TPSA) is 77.5 Å². The van der Waals surface area contributed by atoms with Crippen LogP contribution in [0.4, 0.5) is 13.2 Å². The molecule has 1 aromatic carbocycles. The Bertz CT molecular complexity index is 1020. The number of hydrogen-bond donors (Lipinski definition) is 1. The Morgan fingerprint density at radius 2 is 1.84 bits per heavy atom. The highest BCUT2D eigenvalue weighted by Gasteiger charge is 2.49. The van der Waals surface area contributed by atoms with Crippen LogP contribution in [0.5, 0.6) is 0 Å². The molecule has 2 aromatic rings. The Kier molecular flexibility index (Phi) is 6.58. The highest BCUT2D eigenvalue weighted by atomic mass is 35.5. The number of benzene rings is 1. The molecule has 164 valence electrons. The molecule has 0 amide bonds. The van der Waals surface area contributed by atoms with E-state index in [0.29, 0.717) is 11.1 Å². The van der Waals surface area contributed by atoms with Gasteiger partial charge in [0, 0.05) is 18.3 Å². The van der Waals surface area contributed by atoms with Gasteiger partial charge in [-0.3, -0.25) is 0 Å². The van der Waals surface area contributed by atoms with E-state index in [4.69, 9.17) is 27.6 Å². The van der Waals surface area contributed by atoms with E-state index in [9.17, 15) is 28.3 Å². The zero-order valence-electron chi connectivity index (χ0n) is 16.0. The molecule has 0 aliphatic carbocycles. The van der Waals surface area contributed by atoms with Gasteiger partial charge in [-0.15, -0.1) is 0 Å². The maximum Gasteiger partial charge on any atom is 0.372 e. The number of hydrogen-bond acceptors (Lipinski definition) is 4. The Balaban J connectivity index is 2.00. The lowest BCUT2D eigenvalue weighted by Gasteiger charge is -2.32. The van der Waals surface area contributed by atoms with Crippen molar-refractivity contribution in [3.63, 3.8) is 0 Å². The van der Waals surface area contributed by atoms with E-state index in [1.165, 1.54) is 42.8 Å². The number of carbonyl (C=O) groups is 1. The van der Waals surface area contributed by atoms with Crippen molar-refractivity contribution >= 4 is 29.2 Å². The molecule has 1 aliphatic heterocycles. The monoisotopic (exact) mass is 472 g/mol. The zero-order valence-corrected chi connectivity index (χ0v) is 17.5. The van der Waals surface area contributed by atoms with Crippen LogP contribution < -0.4 is 0 Å². The number of rotatable bonds is 8. The zero-order chi connectivity index (χ0) is 22.8. The number of nitriles is 1. The lowest BCUT2D eigenvalue weighted by Crippen LogP contribution is -2.35. The smallest absolute Gasteiger partial charge is 0.372 e. The SMILES string of the molecule is N#CC1(Cl)C(Cl)=CN(Cc2ccoc2C(=O)O)C1c1ccc(C(CF)(CF)CF)cc1. The molecule has 1 aliphatic rings. The summed E-state index contributed by atoms with van der Waals surface area (Å²) in [6.45, 7) is -3.62. The molecular weight excluding hydrogens is 456 g/mol. The van der Waals surface area contributed by atoms with E-state index in [1.54, 1.807) is 4.90 Å². The van der Waals surface area contributed by atoms with E-state index < -0.39 is 42.3 Å². The molecule has 2 unspecified atom stereocenters. The Labute approximate surface area is 186 Å². The van der Waals surface area contributed by atoms with Gasteiger partial charge < -0.3 is 14.4 Å². The van der Waals surface area contributed by atoms with E-state index in [2.05, 4.69) is 0 Å². The Morgan fingerprint density at radius 3 is 2.35 bits per heavy atom. The molecule has 10 heteroatoms. The van der Waals surface area contributed by atoms with Gasteiger partial charge in [0.1, 0.15) is 20.0 Å². The van der Waals surface area contributed by atoms with Gasteiger partial charge in [0.05, 0.1) is 28.8 Å². The number of alkyl halides is 4. The summed E-state index contributed by atoms with van der Waals surface area (Å²) in [4.78, 5) is 11.2. The van der Waals surface area contributed by atoms with Crippen LogP contribution in [0.3, 0.4) is 0 Å². The molecule has 2 atom stereocenters. The van der Waals surface area contributed by atoms with Crippen LogP contribution in [-0.4, -0.2) is 40.9 Å². The molecule has 0 bridgehead atoms. The van der Waals surface area contributed by atoms with Crippen molar-refractivity contribution in [3.8, 4) is 6.07 Å². The fourth-order valence-corrected chi connectivity index (χ4v) is 4.12. The van der Waals surface area contributed by atoms with Crippen LogP contribution in [0.1, 0.15) is 33.3 Å². The Hall–Kier alpha value is -2.63. The highest BCUT2D eigenvalue weighted by molar-refractivity contribution is 6.41. The van der Waals surface area contributed by atoms with Crippen molar-refractivity contribution in [2.45, 2.75) is 22.9 Å². The van der Waals surface area contributed by atoms with Crippen LogP contribution >= 0.6 is 23.2 Å². The molecule has 0 saturated carbocycles. The second kappa shape index (κ2) is 8.85. The maximum absolute atomic E-state index is 13.4. The number of aromatic carboxylic acids is 1. The molecule has 0 fully saturated rings. The molecular formula is C21H17Cl2F3N2O3. The van der Waals surface area contributed by atoms with E-state index >= 15 is 0 Å². The van der Waals surface area contributed by atoms with Gasteiger partial charge >= 0.3 is 5.97 Å². The number of carboxylic acids is 1. The first-order chi connectivity index (χ1) is 14.8. The average Bonchev–Trinajstić information content (AvgIpc) is 3.33. The van der Waals surface area contributed by atoms with Crippen LogP contribution in [0.25, 0.3) is 0 Å². The van der Waals surface area contributed by atoms with Crippen LogP contribution in [0, 0.1) is 11.3 Å². The summed E-state index contributed by atoms with van der Waals surface area (Å²) in [6, 6.07) is 8.34. The summed E-state index contributed by atoms with van der Waals surface area (Å²) < 4.78 is 45.1. The number of carboxylic acid groups (broad SMARTS) is 1. The minimum atomic E-state index is -1.88.